The minimum Gasteiger partial charge on any atom is -0.761 e. The van der Waals surface area contributed by atoms with Crippen LogP contribution in [0.4, 0.5) is 11.4 Å². The number of ether oxygens (including phenoxy) is 2. The molecule has 0 unspecified atom stereocenters. The minimum absolute atomic E-state index is 0.201. The quantitative estimate of drug-likeness (QED) is 0.0971. The third-order valence-corrected chi connectivity index (χ3v) is 6.97. The van der Waals surface area contributed by atoms with Crippen LogP contribution in [0.2, 0.25) is 5.02 Å². The number of halogens is 1. The van der Waals surface area contributed by atoms with E-state index in [2.05, 4.69) is 4.90 Å². The molecule has 0 saturated carbocycles. The van der Waals surface area contributed by atoms with Gasteiger partial charge in [-0.2, -0.15) is 0 Å². The Bertz CT molecular complexity index is 1400. The summed E-state index contributed by atoms with van der Waals surface area (Å²) < 4.78 is 10.9. The average Bonchev–Trinajstić information content (AvgIpc) is 2.94. The molecule has 2 N–H and O–H groups in total. The summed E-state index contributed by atoms with van der Waals surface area (Å²) in [4.78, 5) is 8.02. The van der Waals surface area contributed by atoms with Crippen molar-refractivity contribution in [2.24, 2.45) is 4.99 Å². The topological polar surface area (TPSA) is 89.4 Å². The van der Waals surface area contributed by atoms with E-state index < -0.39 is 0 Å². The predicted octanol–water partition coefficient (Wildman–Crippen LogP) is 7.45. The number of phenols is 1. The first kappa shape index (κ1) is 27.2. The molecule has 0 spiro atoms. The van der Waals surface area contributed by atoms with Crippen molar-refractivity contribution >= 4 is 39.9 Å². The van der Waals surface area contributed by atoms with Gasteiger partial charge in [0.25, 0.3) is 0 Å². The van der Waals surface area contributed by atoms with E-state index in [4.69, 9.17) is 26.1 Å². The van der Waals surface area contributed by atoms with Gasteiger partial charge in [-0.3, -0.25) is 0 Å². The Hall–Kier alpha value is -3.85. The first-order chi connectivity index (χ1) is 18.5. The van der Waals surface area contributed by atoms with E-state index in [0.717, 1.165) is 27.5 Å². The molecule has 196 valence electrons. The Morgan fingerprint density at radius 3 is 2.29 bits per heavy atom. The Labute approximate surface area is 231 Å². The lowest BCUT2D eigenvalue weighted by molar-refractivity contribution is 0.402. The summed E-state index contributed by atoms with van der Waals surface area (Å²) in [7, 11) is 3.27. The number of rotatable bonds is 9. The van der Waals surface area contributed by atoms with Crippen molar-refractivity contribution in [3.8, 4) is 17.2 Å². The van der Waals surface area contributed by atoms with Crippen molar-refractivity contribution in [1.82, 2.24) is 4.90 Å². The zero-order chi connectivity index (χ0) is 26.9. The minimum atomic E-state index is 0.201. The summed E-state index contributed by atoms with van der Waals surface area (Å²) in [5.74, 6) is 1.69. The second-order valence-electron chi connectivity index (χ2n) is 8.32. The standard InChI is InChI=1S/C29H27ClN3O4S/c1-36-24-6-3-5-21(15-24)19-33(18-20-9-12-23(34)13-10-20)29(38-26-8-4-7-25(17-26)37-2)31-22-11-14-27(30)28(16-22)32-35/h3-17,32,34H,18-19H2,1-2H3/q-1. The van der Waals surface area contributed by atoms with Crippen molar-refractivity contribution in [3.05, 3.63) is 112 Å². The van der Waals surface area contributed by atoms with Gasteiger partial charge in [0.1, 0.15) is 17.2 Å². The summed E-state index contributed by atoms with van der Waals surface area (Å²) in [5, 5.41) is 22.2. The molecule has 7 nitrogen and oxygen atoms in total. The highest BCUT2D eigenvalue weighted by molar-refractivity contribution is 8.13. The van der Waals surface area contributed by atoms with Crippen LogP contribution in [0.1, 0.15) is 11.1 Å². The fourth-order valence-electron chi connectivity index (χ4n) is 3.70. The summed E-state index contributed by atoms with van der Waals surface area (Å²) in [6.45, 7) is 1.03. The second-order valence-corrected chi connectivity index (χ2v) is 9.76. The van der Waals surface area contributed by atoms with E-state index in [-0.39, 0.29) is 11.4 Å². The third kappa shape index (κ3) is 7.35. The van der Waals surface area contributed by atoms with E-state index >= 15 is 0 Å². The van der Waals surface area contributed by atoms with Crippen LogP contribution in [0.3, 0.4) is 0 Å². The van der Waals surface area contributed by atoms with Gasteiger partial charge in [0.2, 0.25) is 0 Å². The fraction of sp³-hybridized carbons (Fsp3) is 0.138. The van der Waals surface area contributed by atoms with Crippen molar-refractivity contribution in [1.29, 1.82) is 0 Å². The van der Waals surface area contributed by atoms with E-state index in [1.165, 1.54) is 11.8 Å². The van der Waals surface area contributed by atoms with Gasteiger partial charge in [0.15, 0.2) is 5.17 Å². The molecule has 0 heterocycles. The van der Waals surface area contributed by atoms with Crippen LogP contribution >= 0.6 is 23.4 Å². The number of benzene rings is 4. The van der Waals surface area contributed by atoms with Crippen LogP contribution in [-0.4, -0.2) is 29.4 Å². The summed E-state index contributed by atoms with van der Waals surface area (Å²) in [6, 6.07) is 27.7. The summed E-state index contributed by atoms with van der Waals surface area (Å²) in [5.41, 5.74) is 4.71. The Kier molecular flexibility index (Phi) is 9.37. The lowest BCUT2D eigenvalue weighted by Crippen LogP contribution is -2.28. The van der Waals surface area contributed by atoms with Crippen molar-refractivity contribution in [2.45, 2.75) is 18.0 Å². The Balaban J connectivity index is 1.79. The summed E-state index contributed by atoms with van der Waals surface area (Å²) in [6.07, 6.45) is 0. The van der Waals surface area contributed by atoms with Gasteiger partial charge in [-0.1, -0.05) is 53.7 Å². The maximum atomic E-state index is 11.4. The SMILES string of the molecule is COc1cccc(CN(Cc2ccc(O)cc2)C(=Nc2ccc(Cl)c(N[O-])c2)Sc2cccc(OC)c2)c1. The molecule has 0 amide bonds. The first-order valence-electron chi connectivity index (χ1n) is 11.7. The number of amidine groups is 1. The fourth-order valence-corrected chi connectivity index (χ4v) is 4.80. The highest BCUT2D eigenvalue weighted by Gasteiger charge is 2.17. The monoisotopic (exact) mass is 548 g/mol. The molecule has 0 fully saturated rings. The highest BCUT2D eigenvalue weighted by atomic mass is 35.5. The van der Waals surface area contributed by atoms with Crippen LogP contribution in [-0.2, 0) is 13.1 Å². The number of anilines is 1. The maximum Gasteiger partial charge on any atom is 0.169 e. The molecular formula is C29H27ClN3O4S-. The molecule has 0 aliphatic heterocycles. The molecule has 0 atom stereocenters. The van der Waals surface area contributed by atoms with Crippen LogP contribution in [0.25, 0.3) is 0 Å². The lowest BCUT2D eigenvalue weighted by Gasteiger charge is -2.27. The van der Waals surface area contributed by atoms with Crippen LogP contribution in [0.5, 0.6) is 17.2 Å². The number of phenolic OH excluding ortho intramolecular Hbond substituents is 1. The van der Waals surface area contributed by atoms with E-state index in [0.29, 0.717) is 29.0 Å². The van der Waals surface area contributed by atoms with Crippen LogP contribution in [0.15, 0.2) is 101 Å². The molecule has 9 heteroatoms. The average molecular weight is 549 g/mol. The molecule has 0 bridgehead atoms. The second kappa shape index (κ2) is 13.1. The molecule has 4 rings (SSSR count). The molecule has 0 saturated heterocycles. The molecule has 0 aliphatic rings. The van der Waals surface area contributed by atoms with E-state index in [1.54, 1.807) is 44.6 Å². The molecule has 38 heavy (non-hydrogen) atoms. The van der Waals surface area contributed by atoms with Gasteiger partial charge in [-0.05, 0) is 71.8 Å². The van der Waals surface area contributed by atoms with Gasteiger partial charge in [-0.15, -0.1) is 0 Å². The third-order valence-electron chi connectivity index (χ3n) is 5.62. The molecular weight excluding hydrogens is 522 g/mol. The van der Waals surface area contributed by atoms with Crippen LogP contribution < -0.4 is 15.0 Å². The smallest absolute Gasteiger partial charge is 0.169 e. The predicted molar refractivity (Wildman–Crippen MR) is 155 cm³/mol. The molecule has 0 radical (unpaired) electrons. The lowest BCUT2D eigenvalue weighted by atomic mass is 10.1. The number of methoxy groups -OCH3 is 2. The van der Waals surface area contributed by atoms with Gasteiger partial charge in [0, 0.05) is 23.7 Å². The molecule has 0 aliphatic carbocycles. The van der Waals surface area contributed by atoms with Gasteiger partial charge in [-0.25, -0.2) is 4.99 Å². The molecule has 0 aromatic heterocycles. The number of aliphatic imine (C=N–C) groups is 1. The Morgan fingerprint density at radius 1 is 0.895 bits per heavy atom. The van der Waals surface area contributed by atoms with Gasteiger partial charge < -0.3 is 30.2 Å². The zero-order valence-corrected chi connectivity index (χ0v) is 22.5. The number of aromatic hydroxyl groups is 1. The molecule has 4 aromatic carbocycles. The first-order valence-corrected chi connectivity index (χ1v) is 12.9. The van der Waals surface area contributed by atoms with Gasteiger partial charge in [0.05, 0.1) is 24.9 Å². The number of thioether (sulfide) groups is 1. The number of hydrogen-bond donors (Lipinski definition) is 2. The summed E-state index contributed by atoms with van der Waals surface area (Å²) >= 11 is 7.62. The highest BCUT2D eigenvalue weighted by Crippen LogP contribution is 2.32. The maximum absolute atomic E-state index is 11.4. The van der Waals surface area contributed by atoms with Crippen LogP contribution in [0, 0.1) is 5.21 Å². The van der Waals surface area contributed by atoms with Gasteiger partial charge >= 0.3 is 0 Å². The van der Waals surface area contributed by atoms with E-state index in [1.807, 2.05) is 66.1 Å². The van der Waals surface area contributed by atoms with Crippen molar-refractivity contribution in [2.75, 3.05) is 19.7 Å². The largest absolute Gasteiger partial charge is 0.761 e. The number of nitrogens with one attached hydrogen (secondary N) is 1. The normalized spacial score (nSPS) is 11.2. The number of hydrogen-bond acceptors (Lipinski definition) is 7. The Morgan fingerprint density at radius 2 is 1.58 bits per heavy atom. The van der Waals surface area contributed by atoms with Crippen molar-refractivity contribution in [3.63, 3.8) is 0 Å². The van der Waals surface area contributed by atoms with Crippen molar-refractivity contribution < 1.29 is 14.6 Å². The zero-order valence-electron chi connectivity index (χ0n) is 20.9. The molecule has 4 aromatic rings. The number of nitrogens with zero attached hydrogens (tertiary/aromatic N) is 2. The van der Waals surface area contributed by atoms with E-state index in [9.17, 15) is 10.3 Å².